The van der Waals surface area contributed by atoms with Gasteiger partial charge < -0.3 is 0 Å². The molecular weight excluding hydrogens is 336 g/mol. The highest BCUT2D eigenvalue weighted by Gasteiger charge is 2.23. The maximum Gasteiger partial charge on any atom is -0.00730 e. The third-order valence-electron chi connectivity index (χ3n) is 6.60. The fraction of sp³-hybridized carbons (Fsp3) is 0.286. The second-order valence-electron chi connectivity index (χ2n) is 8.44. The predicted molar refractivity (Wildman–Crippen MR) is 122 cm³/mol. The van der Waals surface area contributed by atoms with E-state index in [1.807, 2.05) is 0 Å². The van der Waals surface area contributed by atoms with Gasteiger partial charge >= 0.3 is 0 Å². The number of benzene rings is 4. The van der Waals surface area contributed by atoms with Gasteiger partial charge in [-0.15, -0.1) is 0 Å². The summed E-state index contributed by atoms with van der Waals surface area (Å²) in [5, 5.41) is 5.51. The standard InChI is InChI=1S/C28H28/c1-3-7-20-13-16-24-22(18-20)14-17-27-25(24)15-12-19(2)28(27)26-11-5-4-10-23(26)21-8-6-9-21/h4-5,10-18,21H,3,6-9H2,1-2H3. The molecule has 0 atom stereocenters. The lowest BCUT2D eigenvalue weighted by Gasteiger charge is -2.28. The van der Waals surface area contributed by atoms with Gasteiger partial charge in [-0.25, -0.2) is 0 Å². The van der Waals surface area contributed by atoms with Crippen molar-refractivity contribution in [3.05, 3.63) is 83.4 Å². The highest BCUT2D eigenvalue weighted by atomic mass is 14.3. The van der Waals surface area contributed by atoms with Crippen LogP contribution < -0.4 is 0 Å². The van der Waals surface area contributed by atoms with E-state index in [4.69, 9.17) is 0 Å². The van der Waals surface area contributed by atoms with E-state index in [0.29, 0.717) is 0 Å². The quantitative estimate of drug-likeness (QED) is 0.320. The minimum Gasteiger partial charge on any atom is -0.0651 e. The minimum atomic E-state index is 0.739. The zero-order valence-corrected chi connectivity index (χ0v) is 17.0. The molecule has 0 amide bonds. The molecule has 1 saturated carbocycles. The van der Waals surface area contributed by atoms with Crippen LogP contribution in [0.2, 0.25) is 0 Å². The Morgan fingerprint density at radius 3 is 2.39 bits per heavy atom. The SMILES string of the molecule is CCCc1ccc2c(ccc3c(-c4ccccc4C4CCC4)c(C)ccc32)c1. The maximum atomic E-state index is 2.38. The normalized spacial score (nSPS) is 14.5. The Morgan fingerprint density at radius 1 is 0.821 bits per heavy atom. The number of hydrogen-bond acceptors (Lipinski definition) is 0. The third-order valence-corrected chi connectivity index (χ3v) is 6.60. The van der Waals surface area contributed by atoms with Crippen LogP contribution in [0.25, 0.3) is 32.7 Å². The average Bonchev–Trinajstić information content (AvgIpc) is 2.67. The summed E-state index contributed by atoms with van der Waals surface area (Å²) < 4.78 is 0. The second-order valence-corrected chi connectivity index (χ2v) is 8.44. The van der Waals surface area contributed by atoms with Gasteiger partial charge in [0.05, 0.1) is 0 Å². The Bertz CT molecular complexity index is 1160. The first kappa shape index (κ1) is 17.5. The van der Waals surface area contributed by atoms with Crippen molar-refractivity contribution < 1.29 is 0 Å². The van der Waals surface area contributed by atoms with E-state index < -0.39 is 0 Å². The Labute approximate surface area is 168 Å². The van der Waals surface area contributed by atoms with Crippen molar-refractivity contribution in [1.29, 1.82) is 0 Å². The number of aryl methyl sites for hydroxylation is 2. The molecule has 0 aliphatic heterocycles. The Morgan fingerprint density at radius 2 is 1.61 bits per heavy atom. The van der Waals surface area contributed by atoms with Crippen molar-refractivity contribution >= 4 is 21.5 Å². The third kappa shape index (κ3) is 2.83. The fourth-order valence-electron chi connectivity index (χ4n) is 4.91. The van der Waals surface area contributed by atoms with Crippen LogP contribution in [0.5, 0.6) is 0 Å². The molecule has 140 valence electrons. The second kappa shape index (κ2) is 7.09. The molecule has 0 radical (unpaired) electrons. The van der Waals surface area contributed by atoms with E-state index >= 15 is 0 Å². The van der Waals surface area contributed by atoms with Crippen molar-refractivity contribution in [2.75, 3.05) is 0 Å². The summed E-state index contributed by atoms with van der Waals surface area (Å²) in [5.74, 6) is 0.739. The lowest BCUT2D eigenvalue weighted by Crippen LogP contribution is -2.10. The molecule has 0 heterocycles. The molecule has 1 fully saturated rings. The topological polar surface area (TPSA) is 0 Å². The van der Waals surface area contributed by atoms with Crippen LogP contribution in [0.3, 0.4) is 0 Å². The molecule has 0 spiro atoms. The average molecular weight is 365 g/mol. The van der Waals surface area contributed by atoms with Gasteiger partial charge in [-0.3, -0.25) is 0 Å². The van der Waals surface area contributed by atoms with Crippen LogP contribution in [0.4, 0.5) is 0 Å². The van der Waals surface area contributed by atoms with E-state index in [9.17, 15) is 0 Å². The van der Waals surface area contributed by atoms with E-state index in [1.54, 1.807) is 5.56 Å². The van der Waals surface area contributed by atoms with Crippen LogP contribution in [0, 0.1) is 6.92 Å². The molecule has 0 saturated heterocycles. The van der Waals surface area contributed by atoms with E-state index in [2.05, 4.69) is 80.6 Å². The highest BCUT2D eigenvalue weighted by molar-refractivity contribution is 6.13. The molecule has 1 aliphatic rings. The van der Waals surface area contributed by atoms with Crippen LogP contribution in [-0.4, -0.2) is 0 Å². The summed E-state index contributed by atoms with van der Waals surface area (Å²) in [7, 11) is 0. The molecule has 5 rings (SSSR count). The lowest BCUT2D eigenvalue weighted by atomic mass is 9.76. The van der Waals surface area contributed by atoms with Gasteiger partial charge in [0.2, 0.25) is 0 Å². The van der Waals surface area contributed by atoms with Crippen LogP contribution in [-0.2, 0) is 6.42 Å². The molecule has 0 aromatic heterocycles. The molecule has 0 bridgehead atoms. The smallest absolute Gasteiger partial charge is 0.00730 e. The molecule has 1 aliphatic carbocycles. The molecule has 0 heteroatoms. The van der Waals surface area contributed by atoms with Crippen molar-refractivity contribution in [2.24, 2.45) is 0 Å². The first-order valence-corrected chi connectivity index (χ1v) is 10.8. The summed E-state index contributed by atoms with van der Waals surface area (Å²) in [6, 6.07) is 25.4. The van der Waals surface area contributed by atoms with Gasteiger partial charge in [0.25, 0.3) is 0 Å². The zero-order valence-electron chi connectivity index (χ0n) is 17.0. The first-order chi connectivity index (χ1) is 13.8. The molecule has 0 N–H and O–H groups in total. The number of fused-ring (bicyclic) bond motifs is 3. The van der Waals surface area contributed by atoms with Crippen molar-refractivity contribution in [1.82, 2.24) is 0 Å². The van der Waals surface area contributed by atoms with E-state index in [0.717, 1.165) is 12.3 Å². The van der Waals surface area contributed by atoms with Crippen molar-refractivity contribution in [3.63, 3.8) is 0 Å². The Hall–Kier alpha value is -2.60. The zero-order chi connectivity index (χ0) is 19.1. The highest BCUT2D eigenvalue weighted by Crippen LogP contribution is 2.44. The van der Waals surface area contributed by atoms with E-state index in [-0.39, 0.29) is 0 Å². The van der Waals surface area contributed by atoms with Gasteiger partial charge in [0.15, 0.2) is 0 Å². The Balaban J connectivity index is 1.76. The first-order valence-electron chi connectivity index (χ1n) is 10.8. The molecule has 0 unspecified atom stereocenters. The summed E-state index contributed by atoms with van der Waals surface area (Å²) in [5.41, 5.74) is 7.23. The maximum absolute atomic E-state index is 2.38. The molecule has 28 heavy (non-hydrogen) atoms. The van der Waals surface area contributed by atoms with Crippen LogP contribution in [0.15, 0.2) is 66.7 Å². The molecular formula is C28H28. The van der Waals surface area contributed by atoms with Gasteiger partial charge in [-0.05, 0) is 81.5 Å². The summed E-state index contributed by atoms with van der Waals surface area (Å²) in [6.45, 7) is 4.51. The summed E-state index contributed by atoms with van der Waals surface area (Å²) in [4.78, 5) is 0. The van der Waals surface area contributed by atoms with Gasteiger partial charge in [0, 0.05) is 0 Å². The Kier molecular flexibility index (Phi) is 4.43. The van der Waals surface area contributed by atoms with E-state index in [1.165, 1.54) is 69.5 Å². The lowest BCUT2D eigenvalue weighted by molar-refractivity contribution is 0.420. The summed E-state index contributed by atoms with van der Waals surface area (Å²) in [6.07, 6.45) is 6.40. The molecule has 0 nitrogen and oxygen atoms in total. The molecule has 4 aromatic rings. The van der Waals surface area contributed by atoms with Gasteiger partial charge in [-0.2, -0.15) is 0 Å². The minimum absolute atomic E-state index is 0.739. The van der Waals surface area contributed by atoms with Gasteiger partial charge in [-0.1, -0.05) is 86.5 Å². The molecule has 4 aromatic carbocycles. The van der Waals surface area contributed by atoms with Crippen molar-refractivity contribution in [2.45, 2.75) is 51.9 Å². The predicted octanol–water partition coefficient (Wildman–Crippen LogP) is 8.19. The number of hydrogen-bond donors (Lipinski definition) is 0. The van der Waals surface area contributed by atoms with Crippen LogP contribution >= 0.6 is 0 Å². The largest absolute Gasteiger partial charge is 0.0651 e. The monoisotopic (exact) mass is 364 g/mol. The summed E-state index contributed by atoms with van der Waals surface area (Å²) >= 11 is 0. The fourth-order valence-corrected chi connectivity index (χ4v) is 4.91. The van der Waals surface area contributed by atoms with Crippen molar-refractivity contribution in [3.8, 4) is 11.1 Å². The van der Waals surface area contributed by atoms with Gasteiger partial charge in [0.1, 0.15) is 0 Å². The van der Waals surface area contributed by atoms with Crippen LogP contribution in [0.1, 0.15) is 55.2 Å². The number of rotatable bonds is 4.